The van der Waals surface area contributed by atoms with Crippen molar-refractivity contribution in [3.8, 4) is 0 Å². The highest BCUT2D eigenvalue weighted by molar-refractivity contribution is 5.98. The van der Waals surface area contributed by atoms with Crippen molar-refractivity contribution in [1.29, 1.82) is 0 Å². The quantitative estimate of drug-likeness (QED) is 0.742. The molecule has 0 heterocycles. The van der Waals surface area contributed by atoms with Gasteiger partial charge in [0.15, 0.2) is 5.41 Å². The lowest BCUT2D eigenvalue weighted by Crippen LogP contribution is -2.43. The van der Waals surface area contributed by atoms with Crippen molar-refractivity contribution in [2.75, 3.05) is 20.6 Å². The van der Waals surface area contributed by atoms with Gasteiger partial charge in [-0.15, -0.1) is 0 Å². The molecule has 0 aliphatic rings. The molecule has 0 unspecified atom stereocenters. The van der Waals surface area contributed by atoms with Gasteiger partial charge in [0.2, 0.25) is 0 Å². The lowest BCUT2D eigenvalue weighted by Gasteiger charge is -2.26. The first-order valence-electron chi connectivity index (χ1n) is 6.45. The van der Waals surface area contributed by atoms with Gasteiger partial charge in [-0.05, 0) is 46.0 Å². The average molecular weight is 279 g/mol. The van der Waals surface area contributed by atoms with Crippen LogP contribution in [0, 0.1) is 12.3 Å². The number of benzene rings is 1. The molecule has 1 aromatic rings. The van der Waals surface area contributed by atoms with Gasteiger partial charge in [0, 0.05) is 0 Å². The number of hydrogen-bond acceptors (Lipinski definition) is 3. The second-order valence-electron chi connectivity index (χ2n) is 5.41. The zero-order chi connectivity index (χ0) is 15.3. The highest BCUT2D eigenvalue weighted by Gasteiger charge is 2.46. The molecule has 0 radical (unpaired) electrons. The zero-order valence-corrected chi connectivity index (χ0v) is 12.1. The Morgan fingerprint density at radius 2 is 1.80 bits per heavy atom. The summed E-state index contributed by atoms with van der Waals surface area (Å²) in [6.45, 7) is 2.30. The Hall–Kier alpha value is -1.88. The van der Waals surface area contributed by atoms with Crippen LogP contribution in [0.1, 0.15) is 17.5 Å². The Morgan fingerprint density at radius 1 is 1.20 bits per heavy atom. The van der Waals surface area contributed by atoms with Crippen molar-refractivity contribution in [2.24, 2.45) is 5.41 Å². The van der Waals surface area contributed by atoms with E-state index in [1.165, 1.54) is 0 Å². The third-order valence-corrected chi connectivity index (χ3v) is 3.39. The molecular formula is C15H21NO4. The minimum atomic E-state index is -1.78. The van der Waals surface area contributed by atoms with Gasteiger partial charge in [0.05, 0.1) is 0 Å². The zero-order valence-electron chi connectivity index (χ0n) is 12.1. The number of aliphatic carboxylic acids is 2. The van der Waals surface area contributed by atoms with Gasteiger partial charge in [-0.2, -0.15) is 0 Å². The number of carboxylic acids is 2. The van der Waals surface area contributed by atoms with Crippen LogP contribution in [0.3, 0.4) is 0 Å². The van der Waals surface area contributed by atoms with Crippen LogP contribution in [0.2, 0.25) is 0 Å². The molecule has 0 spiro atoms. The Labute approximate surface area is 118 Å². The van der Waals surface area contributed by atoms with E-state index in [1.807, 2.05) is 25.1 Å². The Bertz CT molecular complexity index is 482. The van der Waals surface area contributed by atoms with Gasteiger partial charge in [0.1, 0.15) is 0 Å². The van der Waals surface area contributed by atoms with Crippen molar-refractivity contribution < 1.29 is 19.8 Å². The molecule has 0 amide bonds. The van der Waals surface area contributed by atoms with Crippen LogP contribution in [0.25, 0.3) is 0 Å². The summed E-state index contributed by atoms with van der Waals surface area (Å²) in [7, 11) is 3.59. The number of nitrogens with zero attached hydrogens (tertiary/aromatic N) is 1. The number of hydrogen-bond donors (Lipinski definition) is 2. The van der Waals surface area contributed by atoms with Gasteiger partial charge < -0.3 is 15.1 Å². The van der Waals surface area contributed by atoms with E-state index in [9.17, 15) is 19.8 Å². The second-order valence-corrected chi connectivity index (χ2v) is 5.41. The van der Waals surface area contributed by atoms with Crippen LogP contribution in [-0.2, 0) is 16.0 Å². The summed E-state index contributed by atoms with van der Waals surface area (Å²) in [5.41, 5.74) is -0.0636. The lowest BCUT2D eigenvalue weighted by molar-refractivity contribution is -0.165. The predicted molar refractivity (Wildman–Crippen MR) is 75.8 cm³/mol. The number of aryl methyl sites for hydroxylation is 1. The minimum Gasteiger partial charge on any atom is -0.480 e. The van der Waals surface area contributed by atoms with Gasteiger partial charge >= 0.3 is 11.9 Å². The number of carboxylic acid groups (broad SMARTS) is 2. The normalized spacial score (nSPS) is 11.6. The SMILES string of the molecule is Cc1cccc(CC(CCN(C)C)(C(=O)O)C(=O)O)c1. The first-order valence-corrected chi connectivity index (χ1v) is 6.45. The van der Waals surface area contributed by atoms with Crippen LogP contribution < -0.4 is 0 Å². The molecule has 0 atom stereocenters. The molecular weight excluding hydrogens is 258 g/mol. The fourth-order valence-corrected chi connectivity index (χ4v) is 2.13. The van der Waals surface area contributed by atoms with Gasteiger partial charge in [-0.25, -0.2) is 0 Å². The minimum absolute atomic E-state index is 0.00676. The summed E-state index contributed by atoms with van der Waals surface area (Å²) in [6.07, 6.45) is 0.0613. The first-order chi connectivity index (χ1) is 9.28. The summed E-state index contributed by atoms with van der Waals surface area (Å²) < 4.78 is 0. The highest BCUT2D eigenvalue weighted by atomic mass is 16.4. The number of carbonyl (C=O) groups is 2. The molecule has 5 nitrogen and oxygen atoms in total. The standard InChI is InChI=1S/C15H21NO4/c1-11-5-4-6-12(9-11)10-15(13(17)18,14(19)20)7-8-16(2)3/h4-6,9H,7-8,10H2,1-3H3,(H,17,18)(H,19,20). The smallest absolute Gasteiger partial charge is 0.321 e. The fourth-order valence-electron chi connectivity index (χ4n) is 2.13. The van der Waals surface area contributed by atoms with Crippen LogP contribution in [0.4, 0.5) is 0 Å². The molecule has 1 aromatic carbocycles. The predicted octanol–water partition coefficient (Wildman–Crippen LogP) is 1.64. The van der Waals surface area contributed by atoms with Gasteiger partial charge in [-0.1, -0.05) is 29.8 Å². The van der Waals surface area contributed by atoms with Crippen molar-refractivity contribution >= 4 is 11.9 Å². The molecule has 0 saturated heterocycles. The topological polar surface area (TPSA) is 77.8 Å². The van der Waals surface area contributed by atoms with Crippen LogP contribution in [0.5, 0.6) is 0 Å². The first kappa shape index (κ1) is 16.2. The molecule has 1 rings (SSSR count). The molecule has 0 saturated carbocycles. The second kappa shape index (κ2) is 6.52. The number of rotatable bonds is 7. The maximum Gasteiger partial charge on any atom is 0.321 e. The van der Waals surface area contributed by atoms with E-state index < -0.39 is 17.4 Å². The van der Waals surface area contributed by atoms with Gasteiger partial charge in [-0.3, -0.25) is 9.59 Å². The van der Waals surface area contributed by atoms with E-state index in [0.29, 0.717) is 6.54 Å². The Kier molecular flexibility index (Phi) is 5.27. The molecule has 110 valence electrons. The Balaban J connectivity index is 3.09. The summed E-state index contributed by atoms with van der Waals surface area (Å²) in [5, 5.41) is 18.9. The molecule has 0 fully saturated rings. The monoisotopic (exact) mass is 279 g/mol. The molecule has 0 aromatic heterocycles. The van der Waals surface area contributed by atoms with Gasteiger partial charge in [0.25, 0.3) is 0 Å². The summed E-state index contributed by atoms with van der Waals surface area (Å²) in [4.78, 5) is 24.9. The molecule has 0 bridgehead atoms. The molecule has 0 aliphatic carbocycles. The average Bonchev–Trinajstić information content (AvgIpc) is 2.33. The molecule has 2 N–H and O–H groups in total. The van der Waals surface area contributed by atoms with E-state index in [-0.39, 0.29) is 12.8 Å². The summed E-state index contributed by atoms with van der Waals surface area (Å²) >= 11 is 0. The summed E-state index contributed by atoms with van der Waals surface area (Å²) in [5.74, 6) is -2.57. The van der Waals surface area contributed by atoms with E-state index in [2.05, 4.69) is 0 Å². The van der Waals surface area contributed by atoms with E-state index in [0.717, 1.165) is 11.1 Å². The van der Waals surface area contributed by atoms with E-state index >= 15 is 0 Å². The maximum absolute atomic E-state index is 11.6. The molecule has 5 heteroatoms. The largest absolute Gasteiger partial charge is 0.480 e. The van der Waals surface area contributed by atoms with Crippen molar-refractivity contribution in [2.45, 2.75) is 19.8 Å². The van der Waals surface area contributed by atoms with E-state index in [4.69, 9.17) is 0 Å². The summed E-state index contributed by atoms with van der Waals surface area (Å²) in [6, 6.07) is 7.30. The van der Waals surface area contributed by atoms with E-state index in [1.54, 1.807) is 25.1 Å². The van der Waals surface area contributed by atoms with Crippen LogP contribution >= 0.6 is 0 Å². The van der Waals surface area contributed by atoms with Crippen molar-refractivity contribution in [1.82, 2.24) is 4.90 Å². The molecule has 0 aliphatic heterocycles. The van der Waals surface area contributed by atoms with Crippen LogP contribution in [0.15, 0.2) is 24.3 Å². The van der Waals surface area contributed by atoms with Crippen molar-refractivity contribution in [3.63, 3.8) is 0 Å². The maximum atomic E-state index is 11.6. The fraction of sp³-hybridized carbons (Fsp3) is 0.467. The third-order valence-electron chi connectivity index (χ3n) is 3.39. The third kappa shape index (κ3) is 3.81. The molecule has 20 heavy (non-hydrogen) atoms. The van der Waals surface area contributed by atoms with Crippen LogP contribution in [-0.4, -0.2) is 47.7 Å². The Morgan fingerprint density at radius 3 is 2.25 bits per heavy atom. The highest BCUT2D eigenvalue weighted by Crippen LogP contribution is 2.29. The van der Waals surface area contributed by atoms with Crippen molar-refractivity contribution in [3.05, 3.63) is 35.4 Å². The lowest BCUT2D eigenvalue weighted by atomic mass is 9.78.